The minimum absolute atomic E-state index is 0.181. The molecule has 2 aromatic heterocycles. The maximum atomic E-state index is 12.5. The number of aromatic nitrogens is 1. The lowest BCUT2D eigenvalue weighted by molar-refractivity contribution is 0.0656. The number of carbonyl (C=O) groups is 1. The first-order valence-corrected chi connectivity index (χ1v) is 9.91. The summed E-state index contributed by atoms with van der Waals surface area (Å²) in [6.45, 7) is 2.91. The van der Waals surface area contributed by atoms with Crippen LogP contribution in [0.5, 0.6) is 0 Å². The van der Waals surface area contributed by atoms with Crippen molar-refractivity contribution < 1.29 is 17.7 Å². The molecule has 1 amide bonds. The molecule has 3 rings (SSSR count). The molecular formula is C13H14BrN3O4S2. The average Bonchev–Trinajstić information content (AvgIpc) is 3.15. The molecule has 0 aliphatic carbocycles. The number of hydrogen-bond acceptors (Lipinski definition) is 6. The van der Waals surface area contributed by atoms with Crippen molar-refractivity contribution in [3.8, 4) is 0 Å². The molecule has 0 saturated carbocycles. The van der Waals surface area contributed by atoms with Gasteiger partial charge in [0, 0.05) is 32.2 Å². The Kier molecular flexibility index (Phi) is 4.59. The molecule has 3 heterocycles. The summed E-state index contributed by atoms with van der Waals surface area (Å²) in [6.07, 6.45) is 0. The van der Waals surface area contributed by atoms with E-state index in [4.69, 9.17) is 4.52 Å². The highest BCUT2D eigenvalue weighted by molar-refractivity contribution is 9.11. The Bertz CT molecular complexity index is 822. The number of piperazine rings is 1. The largest absolute Gasteiger partial charge is 0.351 e. The first-order valence-electron chi connectivity index (χ1n) is 6.86. The van der Waals surface area contributed by atoms with E-state index in [0.29, 0.717) is 23.0 Å². The normalized spacial score (nSPS) is 16.7. The maximum absolute atomic E-state index is 12.5. The fourth-order valence-electron chi connectivity index (χ4n) is 2.32. The highest BCUT2D eigenvalue weighted by Crippen LogP contribution is 2.29. The van der Waals surface area contributed by atoms with Gasteiger partial charge in [0.15, 0.2) is 0 Å². The Balaban J connectivity index is 1.67. The summed E-state index contributed by atoms with van der Waals surface area (Å²) in [5.41, 5.74) is 0.637. The molecule has 0 aromatic carbocycles. The van der Waals surface area contributed by atoms with Gasteiger partial charge in [0.1, 0.15) is 4.21 Å². The van der Waals surface area contributed by atoms with Crippen LogP contribution in [0.2, 0.25) is 0 Å². The number of hydrogen-bond donors (Lipinski definition) is 0. The maximum Gasteiger partial charge on any atom is 0.292 e. The summed E-state index contributed by atoms with van der Waals surface area (Å²) < 4.78 is 32.5. The Morgan fingerprint density at radius 3 is 2.52 bits per heavy atom. The third-order valence-corrected chi connectivity index (χ3v) is 7.50. The van der Waals surface area contributed by atoms with Crippen molar-refractivity contribution in [1.82, 2.24) is 14.4 Å². The van der Waals surface area contributed by atoms with Gasteiger partial charge in [-0.2, -0.15) is 4.31 Å². The Morgan fingerprint density at radius 2 is 2.00 bits per heavy atom. The summed E-state index contributed by atoms with van der Waals surface area (Å²) in [5, 5.41) is 3.70. The van der Waals surface area contributed by atoms with Gasteiger partial charge in [-0.3, -0.25) is 4.79 Å². The quantitative estimate of drug-likeness (QED) is 0.758. The molecule has 0 bridgehead atoms. The van der Waals surface area contributed by atoms with E-state index in [-0.39, 0.29) is 24.8 Å². The molecule has 23 heavy (non-hydrogen) atoms. The molecule has 0 radical (unpaired) electrons. The minimum Gasteiger partial charge on any atom is -0.351 e. The van der Waals surface area contributed by atoms with E-state index in [1.807, 2.05) is 0 Å². The second kappa shape index (κ2) is 6.34. The standard InChI is InChI=1S/C13H14BrN3O4S2/c1-9-8-10(21-15-9)13(18)16-4-6-17(7-5-16)23(19,20)12-3-2-11(14)22-12/h2-3,8H,4-7H2,1H3. The van der Waals surface area contributed by atoms with Crippen LogP contribution in [0.1, 0.15) is 16.2 Å². The van der Waals surface area contributed by atoms with Crippen molar-refractivity contribution in [2.24, 2.45) is 0 Å². The number of aryl methyl sites for hydroxylation is 1. The number of nitrogens with zero attached hydrogens (tertiary/aromatic N) is 3. The summed E-state index contributed by atoms with van der Waals surface area (Å²) in [5.74, 6) is -0.0810. The van der Waals surface area contributed by atoms with Crippen LogP contribution in [-0.4, -0.2) is 54.9 Å². The highest BCUT2D eigenvalue weighted by atomic mass is 79.9. The predicted octanol–water partition coefficient (Wildman–Crippen LogP) is 1.95. The van der Waals surface area contributed by atoms with Gasteiger partial charge in [0.25, 0.3) is 15.9 Å². The van der Waals surface area contributed by atoms with Gasteiger partial charge >= 0.3 is 0 Å². The SMILES string of the molecule is Cc1cc(C(=O)N2CCN(S(=O)(=O)c3ccc(Br)s3)CC2)on1. The van der Waals surface area contributed by atoms with E-state index in [2.05, 4.69) is 21.1 Å². The first-order chi connectivity index (χ1) is 10.9. The number of halogens is 1. The molecule has 2 aromatic rings. The Labute approximate surface area is 146 Å². The zero-order valence-corrected chi connectivity index (χ0v) is 15.4. The van der Waals surface area contributed by atoms with Crippen molar-refractivity contribution in [3.63, 3.8) is 0 Å². The zero-order chi connectivity index (χ0) is 16.6. The summed E-state index contributed by atoms with van der Waals surface area (Å²) in [6, 6.07) is 4.87. The molecule has 0 N–H and O–H groups in total. The van der Waals surface area contributed by atoms with E-state index < -0.39 is 10.0 Å². The molecule has 10 heteroatoms. The molecule has 1 aliphatic heterocycles. The minimum atomic E-state index is -3.50. The van der Waals surface area contributed by atoms with E-state index >= 15 is 0 Å². The zero-order valence-electron chi connectivity index (χ0n) is 12.2. The fraction of sp³-hybridized carbons (Fsp3) is 0.385. The van der Waals surface area contributed by atoms with Crippen LogP contribution in [0.15, 0.2) is 30.7 Å². The second-order valence-corrected chi connectivity index (χ2v) is 9.72. The molecule has 1 fully saturated rings. The molecule has 124 valence electrons. The van der Waals surface area contributed by atoms with Gasteiger partial charge in [0.05, 0.1) is 9.48 Å². The van der Waals surface area contributed by atoms with Crippen LogP contribution in [0.3, 0.4) is 0 Å². The number of amides is 1. The van der Waals surface area contributed by atoms with Crippen LogP contribution in [-0.2, 0) is 10.0 Å². The fourth-order valence-corrected chi connectivity index (χ4v) is 5.90. The average molecular weight is 420 g/mol. The number of carbonyl (C=O) groups excluding carboxylic acids is 1. The molecule has 1 aliphatic rings. The van der Waals surface area contributed by atoms with Gasteiger partial charge in [-0.1, -0.05) is 5.16 Å². The second-order valence-electron chi connectivity index (χ2n) is 5.09. The van der Waals surface area contributed by atoms with E-state index in [9.17, 15) is 13.2 Å². The van der Waals surface area contributed by atoms with Crippen molar-refractivity contribution in [2.45, 2.75) is 11.1 Å². The van der Waals surface area contributed by atoms with Gasteiger partial charge in [-0.25, -0.2) is 8.42 Å². The Hall–Kier alpha value is -1.23. The molecule has 7 nitrogen and oxygen atoms in total. The van der Waals surface area contributed by atoms with Crippen molar-refractivity contribution in [1.29, 1.82) is 0 Å². The van der Waals surface area contributed by atoms with Gasteiger partial charge in [0.2, 0.25) is 5.76 Å². The molecule has 0 spiro atoms. The number of rotatable bonds is 3. The van der Waals surface area contributed by atoms with Crippen LogP contribution in [0.25, 0.3) is 0 Å². The summed E-state index contributed by atoms with van der Waals surface area (Å²) in [4.78, 5) is 13.8. The number of thiophene rings is 1. The van der Waals surface area contributed by atoms with Crippen molar-refractivity contribution >= 4 is 43.2 Å². The third kappa shape index (κ3) is 3.35. The predicted molar refractivity (Wildman–Crippen MR) is 87.9 cm³/mol. The van der Waals surface area contributed by atoms with E-state index in [1.54, 1.807) is 30.0 Å². The molecule has 0 atom stereocenters. The lowest BCUT2D eigenvalue weighted by Crippen LogP contribution is -2.50. The van der Waals surface area contributed by atoms with Crippen LogP contribution < -0.4 is 0 Å². The highest BCUT2D eigenvalue weighted by Gasteiger charge is 2.32. The first kappa shape index (κ1) is 16.6. The van der Waals surface area contributed by atoms with Crippen LogP contribution >= 0.6 is 27.3 Å². The third-order valence-electron chi connectivity index (χ3n) is 3.51. The monoisotopic (exact) mass is 419 g/mol. The van der Waals surface area contributed by atoms with Gasteiger partial charge < -0.3 is 9.42 Å². The molecule has 1 saturated heterocycles. The smallest absolute Gasteiger partial charge is 0.292 e. The van der Waals surface area contributed by atoms with Crippen molar-refractivity contribution in [3.05, 3.63) is 33.4 Å². The van der Waals surface area contributed by atoms with E-state index in [0.717, 1.165) is 3.79 Å². The molecular weight excluding hydrogens is 406 g/mol. The van der Waals surface area contributed by atoms with Gasteiger partial charge in [-0.05, 0) is 35.0 Å². The lowest BCUT2D eigenvalue weighted by atomic mass is 10.3. The topological polar surface area (TPSA) is 83.7 Å². The summed E-state index contributed by atoms with van der Waals surface area (Å²) in [7, 11) is -3.50. The number of sulfonamides is 1. The van der Waals surface area contributed by atoms with Crippen LogP contribution in [0.4, 0.5) is 0 Å². The van der Waals surface area contributed by atoms with E-state index in [1.165, 1.54) is 15.6 Å². The van der Waals surface area contributed by atoms with Crippen LogP contribution in [0, 0.1) is 6.92 Å². The molecule has 0 unspecified atom stereocenters. The lowest BCUT2D eigenvalue weighted by Gasteiger charge is -2.33. The van der Waals surface area contributed by atoms with Crippen molar-refractivity contribution in [2.75, 3.05) is 26.2 Å². The Morgan fingerprint density at radius 1 is 1.30 bits per heavy atom. The van der Waals surface area contributed by atoms with Gasteiger partial charge in [-0.15, -0.1) is 11.3 Å². The summed E-state index contributed by atoms with van der Waals surface area (Å²) >= 11 is 4.45.